The third-order valence-corrected chi connectivity index (χ3v) is 10.5. The lowest BCUT2D eigenvalue weighted by Crippen LogP contribution is -2.46. The number of ether oxygens (including phenoxy) is 1. The van der Waals surface area contributed by atoms with Crippen molar-refractivity contribution in [2.24, 2.45) is 35.0 Å². The van der Waals surface area contributed by atoms with E-state index in [1.54, 1.807) is 5.57 Å². The minimum Gasteiger partial charge on any atom is -0.370 e. The maximum Gasteiger partial charge on any atom is 0.133 e. The van der Waals surface area contributed by atoms with E-state index in [1.165, 1.54) is 44.9 Å². The number of carbonyl (C=O) groups is 1. The van der Waals surface area contributed by atoms with E-state index in [1.807, 2.05) is 0 Å². The number of carbonyl (C=O) groups excluding carboxylic acids is 1. The van der Waals surface area contributed by atoms with Crippen LogP contribution in [0.25, 0.3) is 0 Å². The fourth-order valence-electron chi connectivity index (χ4n) is 8.77. The molecular formula is C26H39NO2. The van der Waals surface area contributed by atoms with Crippen molar-refractivity contribution in [3.05, 3.63) is 11.6 Å². The minimum atomic E-state index is 0.109. The minimum absolute atomic E-state index is 0.109. The Morgan fingerprint density at radius 3 is 2.97 bits per heavy atom. The number of nitrogens with one attached hydrogen (secondary N) is 1. The Labute approximate surface area is 176 Å². The second kappa shape index (κ2) is 6.66. The molecule has 3 nitrogen and oxygen atoms in total. The molecule has 0 bridgehead atoms. The van der Waals surface area contributed by atoms with Crippen molar-refractivity contribution >= 4 is 5.78 Å². The molecule has 3 saturated carbocycles. The normalized spacial score (nSPS) is 54.2. The molecule has 6 aliphatic rings. The third kappa shape index (κ3) is 2.93. The first kappa shape index (κ1) is 19.0. The standard InChI is InChI=1S/C26H39NO2/c1-16-11-24-23(27-15-16)14-26(29-24)9-5-17-12-22-21(20(17)7-10-26)4-3-18-13-19(28)6-8-25(18,22)2/h5,16,18,20-24,27H,3-4,6-15H2,1-2H3. The van der Waals surface area contributed by atoms with Crippen molar-refractivity contribution in [3.63, 3.8) is 0 Å². The molecule has 1 spiro atoms. The second-order valence-electron chi connectivity index (χ2n) is 12.0. The van der Waals surface area contributed by atoms with Crippen molar-refractivity contribution in [3.8, 4) is 0 Å². The van der Waals surface area contributed by atoms with Gasteiger partial charge in [0.15, 0.2) is 0 Å². The summed E-state index contributed by atoms with van der Waals surface area (Å²) in [5, 5.41) is 3.78. The Morgan fingerprint density at radius 2 is 2.07 bits per heavy atom. The number of fused-ring (bicyclic) bond motifs is 6. The molecule has 2 heterocycles. The van der Waals surface area contributed by atoms with E-state index < -0.39 is 0 Å². The number of piperidine rings is 1. The number of allylic oxidation sites excluding steroid dienone is 1. The van der Waals surface area contributed by atoms with Crippen LogP contribution in [0.1, 0.15) is 84.5 Å². The van der Waals surface area contributed by atoms with Crippen LogP contribution < -0.4 is 5.32 Å². The van der Waals surface area contributed by atoms with Crippen LogP contribution in [0.3, 0.4) is 0 Å². The van der Waals surface area contributed by atoms with E-state index in [4.69, 9.17) is 4.74 Å². The first-order chi connectivity index (χ1) is 14.0. The van der Waals surface area contributed by atoms with Gasteiger partial charge in [-0.2, -0.15) is 0 Å². The highest BCUT2D eigenvalue weighted by Crippen LogP contribution is 2.64. The zero-order chi connectivity index (χ0) is 19.8. The van der Waals surface area contributed by atoms with E-state index in [2.05, 4.69) is 25.2 Å². The first-order valence-corrected chi connectivity index (χ1v) is 12.6. The highest BCUT2D eigenvalue weighted by atomic mass is 16.5. The number of hydrogen-bond acceptors (Lipinski definition) is 3. The Morgan fingerprint density at radius 1 is 1.17 bits per heavy atom. The molecular weight excluding hydrogens is 358 g/mol. The van der Waals surface area contributed by atoms with Gasteiger partial charge in [-0.05, 0) is 99.3 Å². The van der Waals surface area contributed by atoms with Gasteiger partial charge >= 0.3 is 0 Å². The van der Waals surface area contributed by atoms with Crippen molar-refractivity contribution < 1.29 is 9.53 Å². The summed E-state index contributed by atoms with van der Waals surface area (Å²) in [7, 11) is 0. The molecule has 0 aromatic carbocycles. The maximum absolute atomic E-state index is 12.1. The Balaban J connectivity index is 1.22. The Hall–Kier alpha value is -0.670. The zero-order valence-electron chi connectivity index (χ0n) is 18.4. The van der Waals surface area contributed by atoms with Crippen LogP contribution in [-0.2, 0) is 9.53 Å². The fourth-order valence-corrected chi connectivity index (χ4v) is 8.77. The monoisotopic (exact) mass is 397 g/mol. The molecule has 3 heteroatoms. The van der Waals surface area contributed by atoms with Gasteiger partial charge < -0.3 is 10.1 Å². The highest BCUT2D eigenvalue weighted by molar-refractivity contribution is 5.79. The molecule has 4 aliphatic carbocycles. The number of hydrogen-bond donors (Lipinski definition) is 1. The lowest BCUT2D eigenvalue weighted by molar-refractivity contribution is -0.129. The smallest absolute Gasteiger partial charge is 0.133 e. The van der Waals surface area contributed by atoms with Crippen LogP contribution in [0.2, 0.25) is 0 Å². The average Bonchev–Trinajstić information content (AvgIpc) is 3.18. The summed E-state index contributed by atoms with van der Waals surface area (Å²) in [6.07, 6.45) is 16.1. The topological polar surface area (TPSA) is 38.3 Å². The van der Waals surface area contributed by atoms with Crippen molar-refractivity contribution in [2.45, 2.75) is 102 Å². The molecule has 9 atom stereocenters. The van der Waals surface area contributed by atoms with Gasteiger partial charge in [0.25, 0.3) is 0 Å². The molecule has 0 amide bonds. The maximum atomic E-state index is 12.1. The average molecular weight is 398 g/mol. The summed E-state index contributed by atoms with van der Waals surface area (Å²) in [5.41, 5.74) is 2.30. The predicted octanol–water partition coefficient (Wildman–Crippen LogP) is 5.04. The second-order valence-corrected chi connectivity index (χ2v) is 12.0. The molecule has 0 radical (unpaired) electrons. The fraction of sp³-hybridized carbons (Fsp3) is 0.885. The summed E-state index contributed by atoms with van der Waals surface area (Å²) in [6, 6.07) is 0.587. The molecule has 5 fully saturated rings. The van der Waals surface area contributed by atoms with Gasteiger partial charge in [0.2, 0.25) is 0 Å². The van der Waals surface area contributed by atoms with E-state index in [0.29, 0.717) is 29.3 Å². The van der Waals surface area contributed by atoms with Crippen LogP contribution in [0.5, 0.6) is 0 Å². The lowest BCUT2D eigenvalue weighted by Gasteiger charge is -2.52. The van der Waals surface area contributed by atoms with E-state index in [0.717, 1.165) is 55.9 Å². The van der Waals surface area contributed by atoms with Crippen molar-refractivity contribution in [1.82, 2.24) is 5.32 Å². The number of Topliss-reactive ketones (excluding diaryl/α,β-unsaturated/α-hetero) is 1. The largest absolute Gasteiger partial charge is 0.370 e. The highest BCUT2D eigenvalue weighted by Gasteiger charge is 2.57. The molecule has 0 aromatic rings. The Kier molecular flexibility index (Phi) is 4.38. The van der Waals surface area contributed by atoms with Crippen molar-refractivity contribution in [1.29, 1.82) is 0 Å². The number of ketones is 1. The predicted molar refractivity (Wildman–Crippen MR) is 115 cm³/mol. The van der Waals surface area contributed by atoms with Gasteiger partial charge in [-0.25, -0.2) is 0 Å². The molecule has 1 N–H and O–H groups in total. The van der Waals surface area contributed by atoms with E-state index >= 15 is 0 Å². The van der Waals surface area contributed by atoms with Gasteiger partial charge in [0.1, 0.15) is 5.78 Å². The van der Waals surface area contributed by atoms with Crippen molar-refractivity contribution in [2.75, 3.05) is 6.54 Å². The van der Waals surface area contributed by atoms with Gasteiger partial charge in [0.05, 0.1) is 11.7 Å². The van der Waals surface area contributed by atoms with Gasteiger partial charge in [0, 0.05) is 18.9 Å². The van der Waals surface area contributed by atoms with Gasteiger partial charge in [-0.3, -0.25) is 4.79 Å². The molecule has 160 valence electrons. The summed E-state index contributed by atoms with van der Waals surface area (Å²) in [4.78, 5) is 12.1. The Bertz CT molecular complexity index is 730. The van der Waals surface area contributed by atoms with Gasteiger partial charge in [-0.15, -0.1) is 0 Å². The van der Waals surface area contributed by atoms with E-state index in [-0.39, 0.29) is 5.60 Å². The molecule has 9 unspecified atom stereocenters. The molecule has 6 rings (SSSR count). The quantitative estimate of drug-likeness (QED) is 0.582. The third-order valence-electron chi connectivity index (χ3n) is 10.5. The first-order valence-electron chi connectivity index (χ1n) is 12.6. The molecule has 29 heavy (non-hydrogen) atoms. The van der Waals surface area contributed by atoms with E-state index in [9.17, 15) is 4.79 Å². The summed E-state index contributed by atoms with van der Waals surface area (Å²) in [6.45, 7) is 6.06. The summed E-state index contributed by atoms with van der Waals surface area (Å²) >= 11 is 0. The zero-order valence-corrected chi connectivity index (χ0v) is 18.4. The van der Waals surface area contributed by atoms with Crippen LogP contribution in [0.15, 0.2) is 11.6 Å². The number of rotatable bonds is 0. The summed E-state index contributed by atoms with van der Waals surface area (Å²) < 4.78 is 6.82. The SMILES string of the molecule is CC1CNC2CC3(CC=C4CC5C(CCC6CC(=O)CCC65C)C4CC3)OC2C1. The molecule has 2 aliphatic heterocycles. The summed E-state index contributed by atoms with van der Waals surface area (Å²) in [5.74, 6) is 4.43. The van der Waals surface area contributed by atoms with Crippen LogP contribution in [0.4, 0.5) is 0 Å². The van der Waals surface area contributed by atoms with Crippen LogP contribution >= 0.6 is 0 Å². The van der Waals surface area contributed by atoms with Crippen LogP contribution in [0, 0.1) is 35.0 Å². The molecule has 0 aromatic heterocycles. The molecule has 2 saturated heterocycles. The van der Waals surface area contributed by atoms with Crippen LogP contribution in [-0.4, -0.2) is 30.1 Å². The lowest BCUT2D eigenvalue weighted by atomic mass is 9.52. The van der Waals surface area contributed by atoms with Gasteiger partial charge in [-0.1, -0.05) is 25.5 Å².